The van der Waals surface area contributed by atoms with Crippen molar-refractivity contribution in [1.82, 2.24) is 14.7 Å². The number of amides is 2. The molecule has 0 bridgehead atoms. The summed E-state index contributed by atoms with van der Waals surface area (Å²) in [5.41, 5.74) is 1.09. The Bertz CT molecular complexity index is 942. The van der Waals surface area contributed by atoms with Crippen molar-refractivity contribution in [3.8, 4) is 0 Å². The van der Waals surface area contributed by atoms with Gasteiger partial charge in [0.1, 0.15) is 0 Å². The van der Waals surface area contributed by atoms with Gasteiger partial charge in [-0.05, 0) is 37.5 Å². The van der Waals surface area contributed by atoms with Crippen LogP contribution in [0.3, 0.4) is 0 Å². The molecule has 0 unspecified atom stereocenters. The Morgan fingerprint density at radius 2 is 2.14 bits per heavy atom. The highest BCUT2D eigenvalue weighted by Gasteiger charge is 2.58. The Kier molecular flexibility index (Phi) is 4.44. The van der Waals surface area contributed by atoms with Gasteiger partial charge in [-0.25, -0.2) is 4.68 Å². The molecule has 1 fully saturated rings. The summed E-state index contributed by atoms with van der Waals surface area (Å²) in [4.78, 5) is 27.8. The van der Waals surface area contributed by atoms with Gasteiger partial charge >= 0.3 is 6.55 Å². The van der Waals surface area contributed by atoms with Gasteiger partial charge in [0.05, 0.1) is 11.5 Å². The minimum absolute atomic E-state index is 0.0114. The van der Waals surface area contributed by atoms with Crippen LogP contribution in [0.15, 0.2) is 30.3 Å². The first-order valence-electron chi connectivity index (χ1n) is 9.46. The summed E-state index contributed by atoms with van der Waals surface area (Å²) >= 11 is 0. The number of carbonyl (C=O) groups excluding carboxylic acids is 2. The van der Waals surface area contributed by atoms with Crippen LogP contribution in [0.4, 0.5) is 14.5 Å². The second-order valence-corrected chi connectivity index (χ2v) is 7.42. The zero-order valence-electron chi connectivity index (χ0n) is 15.8. The molecule has 2 aliphatic heterocycles. The van der Waals surface area contributed by atoms with Gasteiger partial charge in [0, 0.05) is 17.9 Å². The molecule has 1 aromatic carbocycles. The molecule has 28 heavy (non-hydrogen) atoms. The smallest absolute Gasteiger partial charge is 0.333 e. The molecule has 4 rings (SSSR count). The van der Waals surface area contributed by atoms with Gasteiger partial charge in [-0.2, -0.15) is 13.9 Å². The van der Waals surface area contributed by atoms with Gasteiger partial charge in [0.15, 0.2) is 5.69 Å². The fourth-order valence-electron chi connectivity index (χ4n) is 4.66. The van der Waals surface area contributed by atoms with Gasteiger partial charge in [-0.15, -0.1) is 0 Å². The zero-order valence-corrected chi connectivity index (χ0v) is 15.8. The van der Waals surface area contributed by atoms with E-state index in [-0.39, 0.29) is 23.3 Å². The average Bonchev–Trinajstić information content (AvgIpc) is 3.31. The summed E-state index contributed by atoms with van der Waals surface area (Å²) in [6.45, 7) is 1.07. The second-order valence-electron chi connectivity index (χ2n) is 7.42. The van der Waals surface area contributed by atoms with Gasteiger partial charge < -0.3 is 10.2 Å². The molecule has 8 heteroatoms. The number of halogens is 2. The number of fused-ring (bicyclic) bond motifs is 2. The third kappa shape index (κ3) is 2.54. The maximum Gasteiger partial charge on any atom is 0.333 e. The number of nitrogens with zero attached hydrogens (tertiary/aromatic N) is 3. The maximum absolute atomic E-state index is 13.2. The normalized spacial score (nSPS) is 23.5. The number of alkyl halides is 2. The van der Waals surface area contributed by atoms with Gasteiger partial charge in [-0.3, -0.25) is 9.59 Å². The fourth-order valence-corrected chi connectivity index (χ4v) is 4.66. The number of anilines is 1. The van der Waals surface area contributed by atoms with E-state index in [0.717, 1.165) is 17.7 Å². The molecule has 2 amide bonds. The minimum atomic E-state index is -2.80. The van der Waals surface area contributed by atoms with E-state index in [0.29, 0.717) is 24.1 Å². The molecule has 1 spiro atoms. The van der Waals surface area contributed by atoms with E-state index in [4.69, 9.17) is 0 Å². The molecule has 1 aromatic heterocycles. The third-order valence-electron chi connectivity index (χ3n) is 5.90. The molecule has 0 saturated carbocycles. The number of carbonyl (C=O) groups is 2. The van der Waals surface area contributed by atoms with Crippen LogP contribution in [-0.2, 0) is 10.2 Å². The lowest BCUT2D eigenvalue weighted by Gasteiger charge is -2.33. The summed E-state index contributed by atoms with van der Waals surface area (Å²) in [5.74, 6) is -0.508. The van der Waals surface area contributed by atoms with Crippen LogP contribution in [0.5, 0.6) is 0 Å². The van der Waals surface area contributed by atoms with E-state index >= 15 is 0 Å². The lowest BCUT2D eigenvalue weighted by Crippen LogP contribution is -2.48. The van der Waals surface area contributed by atoms with Crippen molar-refractivity contribution < 1.29 is 18.4 Å². The van der Waals surface area contributed by atoms with Crippen molar-refractivity contribution in [1.29, 1.82) is 0 Å². The van der Waals surface area contributed by atoms with Gasteiger partial charge in [0.2, 0.25) is 5.91 Å². The molecule has 0 aliphatic carbocycles. The summed E-state index contributed by atoms with van der Waals surface area (Å²) in [6.07, 6.45) is 1.93. The van der Waals surface area contributed by atoms with E-state index in [9.17, 15) is 18.4 Å². The summed E-state index contributed by atoms with van der Waals surface area (Å²) < 4.78 is 26.7. The van der Waals surface area contributed by atoms with E-state index in [2.05, 4.69) is 10.4 Å². The Morgan fingerprint density at radius 3 is 2.82 bits per heavy atom. The monoisotopic (exact) mass is 388 g/mol. The SMILES string of the molecule is CCC[C@@H]1N(C(=O)c2cc(C)n(C(F)F)n2)CC[C@]12C(=O)Nc1ccccc12. The highest BCUT2D eigenvalue weighted by Crippen LogP contribution is 2.49. The number of aryl methyl sites for hydroxylation is 1. The van der Waals surface area contributed by atoms with Crippen molar-refractivity contribution in [3.63, 3.8) is 0 Å². The standard InChI is InChI=1S/C20H22F2N4O2/c1-3-6-16-20(13-7-4-5-8-14(13)23-18(20)28)9-10-25(16)17(27)15-11-12(2)26(24-15)19(21)22/h4-5,7-8,11,16,19H,3,6,9-10H2,1-2H3,(H,23,28)/t16-,20+/m0/s1. The quantitative estimate of drug-likeness (QED) is 0.872. The number of hydrogen-bond acceptors (Lipinski definition) is 3. The Labute approximate surface area is 161 Å². The van der Waals surface area contributed by atoms with Crippen molar-refractivity contribution in [2.75, 3.05) is 11.9 Å². The molecule has 2 atom stereocenters. The van der Waals surface area contributed by atoms with Crippen LogP contribution in [0.1, 0.15) is 54.5 Å². The largest absolute Gasteiger partial charge is 0.333 e. The minimum Gasteiger partial charge on any atom is -0.333 e. The lowest BCUT2D eigenvalue weighted by atomic mass is 9.73. The summed E-state index contributed by atoms with van der Waals surface area (Å²) in [6, 6.07) is 8.59. The maximum atomic E-state index is 13.2. The van der Waals surface area contributed by atoms with Crippen LogP contribution >= 0.6 is 0 Å². The van der Waals surface area contributed by atoms with Crippen LogP contribution in [0.2, 0.25) is 0 Å². The number of hydrogen-bond donors (Lipinski definition) is 1. The average molecular weight is 388 g/mol. The Hall–Kier alpha value is -2.77. The predicted octanol–water partition coefficient (Wildman–Crippen LogP) is 3.49. The zero-order chi connectivity index (χ0) is 20.1. The third-order valence-corrected chi connectivity index (χ3v) is 5.90. The van der Waals surface area contributed by atoms with Crippen molar-refractivity contribution >= 4 is 17.5 Å². The molecule has 6 nitrogen and oxygen atoms in total. The van der Waals surface area contributed by atoms with E-state index in [1.165, 1.54) is 13.0 Å². The first-order chi connectivity index (χ1) is 13.4. The summed E-state index contributed by atoms with van der Waals surface area (Å²) in [7, 11) is 0. The summed E-state index contributed by atoms with van der Waals surface area (Å²) in [5, 5.41) is 6.75. The molecule has 148 valence electrons. The lowest BCUT2D eigenvalue weighted by molar-refractivity contribution is -0.121. The van der Waals surface area contributed by atoms with Crippen LogP contribution in [0, 0.1) is 6.92 Å². The molecule has 1 N–H and O–H groups in total. The van der Waals surface area contributed by atoms with E-state index in [1.54, 1.807) is 4.90 Å². The molecule has 2 aromatic rings. The molecule has 0 radical (unpaired) electrons. The highest BCUT2D eigenvalue weighted by molar-refractivity contribution is 6.08. The van der Waals surface area contributed by atoms with Crippen molar-refractivity contribution in [2.24, 2.45) is 0 Å². The number of rotatable bonds is 4. The number of nitrogens with one attached hydrogen (secondary N) is 1. The Balaban J connectivity index is 1.73. The highest BCUT2D eigenvalue weighted by atomic mass is 19.3. The molecule has 1 saturated heterocycles. The molecular formula is C20H22F2N4O2. The Morgan fingerprint density at radius 1 is 1.39 bits per heavy atom. The number of benzene rings is 1. The van der Waals surface area contributed by atoms with Crippen molar-refractivity contribution in [2.45, 2.75) is 51.1 Å². The van der Waals surface area contributed by atoms with Crippen LogP contribution in [-0.4, -0.2) is 39.1 Å². The second kappa shape index (κ2) is 6.68. The molecule has 3 heterocycles. The van der Waals surface area contributed by atoms with Gasteiger partial charge in [-0.1, -0.05) is 31.5 Å². The number of para-hydroxylation sites is 1. The van der Waals surface area contributed by atoms with E-state index in [1.807, 2.05) is 31.2 Å². The van der Waals surface area contributed by atoms with Crippen LogP contribution in [0.25, 0.3) is 0 Å². The molecular weight excluding hydrogens is 366 g/mol. The topological polar surface area (TPSA) is 67.2 Å². The first kappa shape index (κ1) is 18.6. The van der Waals surface area contributed by atoms with Crippen molar-refractivity contribution in [3.05, 3.63) is 47.3 Å². The fraction of sp³-hybridized carbons (Fsp3) is 0.450. The first-order valence-corrected chi connectivity index (χ1v) is 9.46. The van der Waals surface area contributed by atoms with E-state index < -0.39 is 17.9 Å². The number of aromatic nitrogens is 2. The predicted molar refractivity (Wildman–Crippen MR) is 99.3 cm³/mol. The number of likely N-dealkylation sites (tertiary alicyclic amines) is 1. The van der Waals surface area contributed by atoms with Crippen LogP contribution < -0.4 is 5.32 Å². The molecule has 2 aliphatic rings. The van der Waals surface area contributed by atoms with Gasteiger partial charge in [0.25, 0.3) is 5.91 Å².